The lowest BCUT2D eigenvalue weighted by Gasteiger charge is -2.52. The number of cyclic esters (lactones) is 1. The van der Waals surface area contributed by atoms with Crippen molar-refractivity contribution < 1.29 is 23.9 Å². The minimum atomic E-state index is -1.49. The number of rotatable bonds is 2. The Bertz CT molecular complexity index is 659. The van der Waals surface area contributed by atoms with Crippen LogP contribution < -0.4 is 4.90 Å². The second kappa shape index (κ2) is 5.01. The Kier molecular flexibility index (Phi) is 3.27. The van der Waals surface area contributed by atoms with Crippen molar-refractivity contribution in [3.8, 4) is 0 Å². The number of benzene rings is 1. The van der Waals surface area contributed by atoms with Gasteiger partial charge in [0, 0.05) is 7.05 Å². The number of hydrogen-bond acceptors (Lipinski definition) is 6. The van der Waals surface area contributed by atoms with Crippen LogP contribution in [0.1, 0.15) is 16.8 Å². The van der Waals surface area contributed by atoms with Crippen LogP contribution in [0.3, 0.4) is 0 Å². The number of hydrogen-bond donors (Lipinski definition) is 0. The first-order chi connectivity index (χ1) is 10.5. The number of amides is 1. The first-order valence-corrected chi connectivity index (χ1v) is 6.91. The summed E-state index contributed by atoms with van der Waals surface area (Å²) in [6, 6.07) is 6.99. The molecule has 0 spiro atoms. The van der Waals surface area contributed by atoms with Gasteiger partial charge in [-0.1, -0.05) is 12.1 Å². The molecule has 1 amide bonds. The smallest absolute Gasteiger partial charge is 0.354 e. The maximum Gasteiger partial charge on any atom is 0.354 e. The highest BCUT2D eigenvalue weighted by Gasteiger charge is 2.58. The second-order valence-electron chi connectivity index (χ2n) is 5.24. The van der Waals surface area contributed by atoms with E-state index in [1.54, 1.807) is 36.2 Å². The Morgan fingerprint density at radius 3 is 2.82 bits per heavy atom. The number of ether oxygens (including phenoxy) is 2. The lowest BCUT2D eigenvalue weighted by atomic mass is 9.93. The molecule has 2 aliphatic rings. The summed E-state index contributed by atoms with van der Waals surface area (Å²) in [5.41, 5.74) is -0.400. The molecular formula is C15H16N2O5. The van der Waals surface area contributed by atoms with Gasteiger partial charge in [-0.3, -0.25) is 9.59 Å². The van der Waals surface area contributed by atoms with Gasteiger partial charge < -0.3 is 19.3 Å². The molecule has 0 radical (unpaired) electrons. The maximum atomic E-state index is 12.8. The minimum absolute atomic E-state index is 0.115. The molecule has 1 aromatic rings. The summed E-state index contributed by atoms with van der Waals surface area (Å²) in [5, 5.41) is 0. The van der Waals surface area contributed by atoms with Gasteiger partial charge in [0.1, 0.15) is 6.61 Å². The fourth-order valence-electron chi connectivity index (χ4n) is 3.08. The van der Waals surface area contributed by atoms with Gasteiger partial charge in [0.05, 0.1) is 31.3 Å². The first kappa shape index (κ1) is 14.4. The van der Waals surface area contributed by atoms with Crippen LogP contribution >= 0.6 is 0 Å². The normalized spacial score (nSPS) is 23.5. The molecule has 1 saturated heterocycles. The van der Waals surface area contributed by atoms with Crippen molar-refractivity contribution in [3.63, 3.8) is 0 Å². The molecule has 1 unspecified atom stereocenters. The number of anilines is 1. The number of morpholine rings is 1. The van der Waals surface area contributed by atoms with Crippen molar-refractivity contribution >= 4 is 23.5 Å². The third-order valence-corrected chi connectivity index (χ3v) is 4.24. The molecule has 0 saturated carbocycles. The Hall–Kier alpha value is -2.57. The molecular weight excluding hydrogens is 288 g/mol. The van der Waals surface area contributed by atoms with Gasteiger partial charge >= 0.3 is 11.9 Å². The Balaban J connectivity index is 2.18. The molecule has 7 nitrogen and oxygen atoms in total. The molecule has 22 heavy (non-hydrogen) atoms. The standard InChI is InChI=1S/C15H16N2O5/c1-16-11-6-4-3-5-10(11)13(19)17-7-8-22-14(20)15(16,17)9-12(18)21-2/h3-6H,7-9H2,1-2H3. The molecule has 0 aliphatic carbocycles. The Labute approximate surface area is 127 Å². The van der Waals surface area contributed by atoms with Crippen LogP contribution in [-0.2, 0) is 19.1 Å². The number of para-hydroxylation sites is 1. The number of fused-ring (bicyclic) bond motifs is 2. The van der Waals surface area contributed by atoms with Crippen LogP contribution in [-0.4, -0.2) is 55.7 Å². The molecule has 1 aromatic carbocycles. The zero-order valence-corrected chi connectivity index (χ0v) is 12.4. The highest BCUT2D eigenvalue weighted by molar-refractivity contribution is 6.08. The van der Waals surface area contributed by atoms with E-state index < -0.39 is 17.6 Å². The monoisotopic (exact) mass is 304 g/mol. The summed E-state index contributed by atoms with van der Waals surface area (Å²) in [7, 11) is 2.92. The largest absolute Gasteiger partial charge is 0.469 e. The molecule has 0 aromatic heterocycles. The summed E-state index contributed by atoms with van der Waals surface area (Å²) in [6.45, 7) is 0.351. The van der Waals surface area contributed by atoms with E-state index in [1.165, 1.54) is 12.0 Å². The summed E-state index contributed by atoms with van der Waals surface area (Å²) >= 11 is 0. The number of carbonyl (C=O) groups is 3. The average Bonchev–Trinajstić information content (AvgIpc) is 2.54. The zero-order valence-electron chi connectivity index (χ0n) is 12.4. The van der Waals surface area contributed by atoms with Gasteiger partial charge in [0.15, 0.2) is 0 Å². The quantitative estimate of drug-likeness (QED) is 0.736. The van der Waals surface area contributed by atoms with Crippen LogP contribution in [0.5, 0.6) is 0 Å². The maximum absolute atomic E-state index is 12.8. The van der Waals surface area contributed by atoms with Gasteiger partial charge in [-0.15, -0.1) is 0 Å². The number of likely N-dealkylation sites (N-methyl/N-ethyl adjacent to an activating group) is 1. The van der Waals surface area contributed by atoms with Crippen molar-refractivity contribution in [2.24, 2.45) is 0 Å². The number of nitrogens with zero attached hydrogens (tertiary/aromatic N) is 2. The van der Waals surface area contributed by atoms with E-state index in [1.807, 2.05) is 0 Å². The van der Waals surface area contributed by atoms with E-state index in [0.29, 0.717) is 11.3 Å². The fraction of sp³-hybridized carbons (Fsp3) is 0.400. The fourth-order valence-corrected chi connectivity index (χ4v) is 3.08. The Morgan fingerprint density at radius 1 is 1.36 bits per heavy atom. The van der Waals surface area contributed by atoms with Crippen LogP contribution in [0.2, 0.25) is 0 Å². The third kappa shape index (κ3) is 1.78. The number of esters is 2. The highest BCUT2D eigenvalue weighted by Crippen LogP contribution is 2.40. The molecule has 0 N–H and O–H groups in total. The SMILES string of the molecule is COC(=O)CC12C(=O)OCCN1C(=O)c1ccccc1N2C. The summed E-state index contributed by atoms with van der Waals surface area (Å²) in [5.74, 6) is -1.48. The predicted octanol–water partition coefficient (Wildman–Crippen LogP) is 0.395. The molecule has 1 fully saturated rings. The molecule has 1 atom stereocenters. The van der Waals surface area contributed by atoms with Crippen molar-refractivity contribution in [1.29, 1.82) is 0 Å². The number of carbonyl (C=O) groups excluding carboxylic acids is 3. The molecule has 2 heterocycles. The molecule has 0 bridgehead atoms. The van der Waals surface area contributed by atoms with Crippen molar-refractivity contribution in [3.05, 3.63) is 29.8 Å². The lowest BCUT2D eigenvalue weighted by molar-refractivity contribution is -0.170. The average molecular weight is 304 g/mol. The van der Waals surface area contributed by atoms with E-state index in [9.17, 15) is 14.4 Å². The summed E-state index contributed by atoms with van der Waals surface area (Å²) in [4.78, 5) is 40.1. The first-order valence-electron chi connectivity index (χ1n) is 6.91. The highest BCUT2D eigenvalue weighted by atomic mass is 16.5. The molecule has 3 rings (SSSR count). The summed E-state index contributed by atoms with van der Waals surface area (Å²) in [6.07, 6.45) is -0.279. The Morgan fingerprint density at radius 2 is 2.09 bits per heavy atom. The van der Waals surface area contributed by atoms with Crippen LogP contribution in [0, 0.1) is 0 Å². The molecule has 116 valence electrons. The molecule has 7 heteroatoms. The lowest BCUT2D eigenvalue weighted by Crippen LogP contribution is -2.72. The minimum Gasteiger partial charge on any atom is -0.469 e. The van der Waals surface area contributed by atoms with Gasteiger partial charge in [-0.25, -0.2) is 4.79 Å². The van der Waals surface area contributed by atoms with E-state index in [-0.39, 0.29) is 25.5 Å². The summed E-state index contributed by atoms with van der Waals surface area (Å²) < 4.78 is 9.85. The van der Waals surface area contributed by atoms with E-state index in [4.69, 9.17) is 9.47 Å². The molecule has 2 aliphatic heterocycles. The van der Waals surface area contributed by atoms with Gasteiger partial charge in [0.25, 0.3) is 5.91 Å². The van der Waals surface area contributed by atoms with Crippen molar-refractivity contribution in [2.75, 3.05) is 32.2 Å². The van der Waals surface area contributed by atoms with Crippen molar-refractivity contribution in [1.82, 2.24) is 4.90 Å². The second-order valence-corrected chi connectivity index (χ2v) is 5.24. The van der Waals surface area contributed by atoms with Gasteiger partial charge in [0.2, 0.25) is 5.66 Å². The zero-order chi connectivity index (χ0) is 15.9. The van der Waals surface area contributed by atoms with Crippen LogP contribution in [0.25, 0.3) is 0 Å². The van der Waals surface area contributed by atoms with Gasteiger partial charge in [-0.05, 0) is 12.1 Å². The van der Waals surface area contributed by atoms with Crippen molar-refractivity contribution in [2.45, 2.75) is 12.1 Å². The third-order valence-electron chi connectivity index (χ3n) is 4.24. The van der Waals surface area contributed by atoms with Gasteiger partial charge in [-0.2, -0.15) is 0 Å². The predicted molar refractivity (Wildman–Crippen MR) is 76.2 cm³/mol. The number of methoxy groups -OCH3 is 1. The van der Waals surface area contributed by atoms with Crippen LogP contribution in [0.4, 0.5) is 5.69 Å². The van der Waals surface area contributed by atoms with E-state index >= 15 is 0 Å². The van der Waals surface area contributed by atoms with Crippen LogP contribution in [0.15, 0.2) is 24.3 Å². The van der Waals surface area contributed by atoms with E-state index in [2.05, 4.69) is 0 Å². The topological polar surface area (TPSA) is 76.2 Å². The van der Waals surface area contributed by atoms with E-state index in [0.717, 1.165) is 0 Å².